The molecular weight excluding hydrogens is 252 g/mol. The fraction of sp³-hybridized carbons (Fsp3) is 1.00. The van der Waals surface area contributed by atoms with Crippen molar-refractivity contribution < 1.29 is 13.2 Å². The number of methoxy groups -OCH3 is 1. The van der Waals surface area contributed by atoms with Gasteiger partial charge in [-0.15, -0.1) is 0 Å². The van der Waals surface area contributed by atoms with Gasteiger partial charge in [0.2, 0.25) is 10.0 Å². The van der Waals surface area contributed by atoms with E-state index in [2.05, 4.69) is 12.2 Å². The Balaban J connectivity index is 3.71. The Labute approximate surface area is 112 Å². The van der Waals surface area contributed by atoms with E-state index in [1.54, 1.807) is 14.2 Å². The molecule has 0 unspecified atom stereocenters. The van der Waals surface area contributed by atoms with E-state index in [1.807, 2.05) is 0 Å². The van der Waals surface area contributed by atoms with Crippen LogP contribution in [-0.4, -0.2) is 58.9 Å². The number of nitrogens with zero attached hydrogens (tertiary/aromatic N) is 1. The highest BCUT2D eigenvalue weighted by Gasteiger charge is 2.16. The third-order valence-electron chi connectivity index (χ3n) is 2.73. The molecule has 6 heteroatoms. The summed E-state index contributed by atoms with van der Waals surface area (Å²) < 4.78 is 30.1. The largest absolute Gasteiger partial charge is 0.385 e. The molecule has 0 radical (unpaired) electrons. The summed E-state index contributed by atoms with van der Waals surface area (Å²) >= 11 is 0. The molecule has 0 aromatic carbocycles. The van der Waals surface area contributed by atoms with Gasteiger partial charge < -0.3 is 10.1 Å². The molecule has 18 heavy (non-hydrogen) atoms. The summed E-state index contributed by atoms with van der Waals surface area (Å²) in [5.41, 5.74) is 0. The number of hydrogen-bond donors (Lipinski definition) is 1. The van der Waals surface area contributed by atoms with Gasteiger partial charge in [-0.05, 0) is 38.8 Å². The van der Waals surface area contributed by atoms with Gasteiger partial charge >= 0.3 is 0 Å². The van der Waals surface area contributed by atoms with E-state index in [0.717, 1.165) is 32.4 Å². The van der Waals surface area contributed by atoms with Gasteiger partial charge in [0.15, 0.2) is 0 Å². The van der Waals surface area contributed by atoms with Crippen LogP contribution in [0.5, 0.6) is 0 Å². The molecule has 0 heterocycles. The Morgan fingerprint density at radius 3 is 2.50 bits per heavy atom. The highest BCUT2D eigenvalue weighted by molar-refractivity contribution is 7.89. The molecule has 5 nitrogen and oxygen atoms in total. The number of nitrogens with one attached hydrogen (secondary N) is 1. The molecule has 110 valence electrons. The first-order valence-corrected chi connectivity index (χ1v) is 8.29. The minimum atomic E-state index is -3.08. The van der Waals surface area contributed by atoms with Gasteiger partial charge in [0.25, 0.3) is 0 Å². The van der Waals surface area contributed by atoms with Gasteiger partial charge in [-0.1, -0.05) is 6.92 Å². The van der Waals surface area contributed by atoms with Crippen LogP contribution in [0.1, 0.15) is 32.6 Å². The Bertz CT molecular complexity index is 281. The molecule has 0 aromatic rings. The minimum Gasteiger partial charge on any atom is -0.385 e. The van der Waals surface area contributed by atoms with E-state index in [9.17, 15) is 8.42 Å². The Morgan fingerprint density at radius 1 is 1.17 bits per heavy atom. The predicted octanol–water partition coefficient (Wildman–Crippen LogP) is 1.06. The maximum absolute atomic E-state index is 11.9. The second kappa shape index (κ2) is 10.7. The molecule has 0 atom stereocenters. The van der Waals surface area contributed by atoms with Gasteiger partial charge in [-0.25, -0.2) is 12.7 Å². The van der Waals surface area contributed by atoms with Gasteiger partial charge in [-0.3, -0.25) is 0 Å². The summed E-state index contributed by atoms with van der Waals surface area (Å²) in [6.07, 6.45) is 3.48. The Hall–Kier alpha value is -0.170. The highest BCUT2D eigenvalue weighted by atomic mass is 32.2. The predicted molar refractivity (Wildman–Crippen MR) is 75.3 cm³/mol. The summed E-state index contributed by atoms with van der Waals surface area (Å²) in [7, 11) is 0.179. The van der Waals surface area contributed by atoms with Crippen molar-refractivity contribution in [2.75, 3.05) is 46.2 Å². The lowest BCUT2D eigenvalue weighted by Gasteiger charge is -2.16. The van der Waals surface area contributed by atoms with Crippen LogP contribution in [0.3, 0.4) is 0 Å². The quantitative estimate of drug-likeness (QED) is 0.543. The third-order valence-corrected chi connectivity index (χ3v) is 4.67. The first kappa shape index (κ1) is 17.8. The zero-order valence-corrected chi connectivity index (χ0v) is 12.8. The van der Waals surface area contributed by atoms with Crippen molar-refractivity contribution in [1.29, 1.82) is 0 Å². The second-order valence-corrected chi connectivity index (χ2v) is 6.64. The van der Waals surface area contributed by atoms with Crippen LogP contribution in [0.15, 0.2) is 0 Å². The summed E-state index contributed by atoms with van der Waals surface area (Å²) in [6.45, 7) is 5.15. The van der Waals surface area contributed by atoms with Crippen LogP contribution >= 0.6 is 0 Å². The molecule has 0 spiro atoms. The lowest BCUT2D eigenvalue weighted by molar-refractivity contribution is 0.189. The minimum absolute atomic E-state index is 0.240. The van der Waals surface area contributed by atoms with Gasteiger partial charge in [0.05, 0.1) is 5.75 Å². The molecule has 0 aliphatic rings. The molecular formula is C12H28N2O3S. The van der Waals surface area contributed by atoms with Gasteiger partial charge in [-0.2, -0.15) is 0 Å². The second-order valence-electron chi connectivity index (χ2n) is 4.44. The van der Waals surface area contributed by atoms with E-state index < -0.39 is 10.0 Å². The molecule has 0 amide bonds. The molecule has 0 saturated heterocycles. The maximum atomic E-state index is 11.9. The SMILES string of the molecule is CCCNCCCCS(=O)(=O)N(C)CCCOC. The lowest BCUT2D eigenvalue weighted by atomic mass is 10.3. The topological polar surface area (TPSA) is 58.6 Å². The molecule has 0 aliphatic heterocycles. The van der Waals surface area contributed by atoms with E-state index in [0.29, 0.717) is 19.6 Å². The molecule has 0 saturated carbocycles. The number of sulfonamides is 1. The van der Waals surface area contributed by atoms with Crippen LogP contribution in [0.4, 0.5) is 0 Å². The average Bonchev–Trinajstić information content (AvgIpc) is 2.33. The van der Waals surface area contributed by atoms with Crippen LogP contribution in [-0.2, 0) is 14.8 Å². The highest BCUT2D eigenvalue weighted by Crippen LogP contribution is 2.03. The van der Waals surface area contributed by atoms with E-state index in [-0.39, 0.29) is 5.75 Å². The molecule has 0 bridgehead atoms. The van der Waals surface area contributed by atoms with Crippen LogP contribution in [0, 0.1) is 0 Å². The summed E-state index contributed by atoms with van der Waals surface area (Å²) in [4.78, 5) is 0. The average molecular weight is 280 g/mol. The fourth-order valence-electron chi connectivity index (χ4n) is 1.56. The van der Waals surface area contributed by atoms with Crippen molar-refractivity contribution in [2.45, 2.75) is 32.6 Å². The van der Waals surface area contributed by atoms with Crippen molar-refractivity contribution in [3.63, 3.8) is 0 Å². The number of unbranched alkanes of at least 4 members (excludes halogenated alkanes) is 1. The smallest absolute Gasteiger partial charge is 0.213 e. The number of hydrogen-bond acceptors (Lipinski definition) is 4. The zero-order valence-electron chi connectivity index (χ0n) is 11.9. The number of ether oxygens (including phenoxy) is 1. The lowest BCUT2D eigenvalue weighted by Crippen LogP contribution is -2.31. The van der Waals surface area contributed by atoms with Crippen LogP contribution in [0.2, 0.25) is 0 Å². The monoisotopic (exact) mass is 280 g/mol. The van der Waals surface area contributed by atoms with E-state index in [1.165, 1.54) is 4.31 Å². The normalized spacial score (nSPS) is 12.2. The molecule has 1 N–H and O–H groups in total. The van der Waals surface area contributed by atoms with Crippen molar-refractivity contribution in [3.05, 3.63) is 0 Å². The zero-order chi connectivity index (χ0) is 13.9. The third kappa shape index (κ3) is 8.85. The van der Waals surface area contributed by atoms with Gasteiger partial charge in [0, 0.05) is 27.3 Å². The molecule has 0 rings (SSSR count). The Kier molecular flexibility index (Phi) is 10.6. The van der Waals surface area contributed by atoms with Crippen molar-refractivity contribution in [1.82, 2.24) is 9.62 Å². The fourth-order valence-corrected chi connectivity index (χ4v) is 2.85. The standard InChI is InChI=1S/C12H28N2O3S/c1-4-8-13-9-5-6-12-18(15,16)14(2)10-7-11-17-3/h13H,4-12H2,1-3H3. The summed E-state index contributed by atoms with van der Waals surface area (Å²) in [5.74, 6) is 0.240. The first-order chi connectivity index (χ1) is 8.54. The summed E-state index contributed by atoms with van der Waals surface area (Å²) in [5, 5.41) is 3.27. The Morgan fingerprint density at radius 2 is 1.89 bits per heavy atom. The molecule has 0 aliphatic carbocycles. The van der Waals surface area contributed by atoms with Crippen molar-refractivity contribution in [3.8, 4) is 0 Å². The van der Waals surface area contributed by atoms with Crippen molar-refractivity contribution in [2.24, 2.45) is 0 Å². The van der Waals surface area contributed by atoms with Crippen LogP contribution in [0.25, 0.3) is 0 Å². The van der Waals surface area contributed by atoms with Gasteiger partial charge in [0.1, 0.15) is 0 Å². The van der Waals surface area contributed by atoms with E-state index in [4.69, 9.17) is 4.74 Å². The summed E-state index contributed by atoms with van der Waals surface area (Å²) in [6, 6.07) is 0. The maximum Gasteiger partial charge on any atom is 0.213 e. The van der Waals surface area contributed by atoms with Crippen molar-refractivity contribution >= 4 is 10.0 Å². The number of rotatable bonds is 12. The molecule has 0 aromatic heterocycles. The molecule has 0 fully saturated rings. The first-order valence-electron chi connectivity index (χ1n) is 6.68. The van der Waals surface area contributed by atoms with E-state index >= 15 is 0 Å². The van der Waals surface area contributed by atoms with Crippen LogP contribution < -0.4 is 5.32 Å².